The lowest BCUT2D eigenvalue weighted by Crippen LogP contribution is -2.21. The third-order valence-electron chi connectivity index (χ3n) is 5.54. The maximum absolute atomic E-state index is 10.6. The molecule has 2 N–H and O–H groups in total. The van der Waals surface area contributed by atoms with E-state index in [9.17, 15) is 5.11 Å². The Morgan fingerprint density at radius 2 is 2.04 bits per heavy atom. The Morgan fingerprint density at radius 1 is 1.18 bits per heavy atom. The number of hydrogen-bond acceptors (Lipinski definition) is 4. The lowest BCUT2D eigenvalue weighted by molar-refractivity contribution is 0.140. The number of nitrogens with zero attached hydrogens (tertiary/aromatic N) is 3. The largest absolute Gasteiger partial charge is 0.391 e. The number of imidazole rings is 1. The van der Waals surface area contributed by atoms with Crippen LogP contribution >= 0.6 is 11.6 Å². The zero-order chi connectivity index (χ0) is 19.5. The van der Waals surface area contributed by atoms with Crippen molar-refractivity contribution < 1.29 is 5.11 Å². The van der Waals surface area contributed by atoms with Gasteiger partial charge in [0.15, 0.2) is 5.15 Å². The van der Waals surface area contributed by atoms with Crippen molar-refractivity contribution in [3.05, 3.63) is 58.8 Å². The number of aromatic amines is 1. The highest BCUT2D eigenvalue weighted by atomic mass is 35.5. The van der Waals surface area contributed by atoms with Gasteiger partial charge in [-0.3, -0.25) is 9.88 Å². The molecule has 1 fully saturated rings. The summed E-state index contributed by atoms with van der Waals surface area (Å²) in [5.41, 5.74) is 2.99. The van der Waals surface area contributed by atoms with Gasteiger partial charge in [0.2, 0.25) is 0 Å². The van der Waals surface area contributed by atoms with Crippen LogP contribution in [0.1, 0.15) is 37.0 Å². The van der Waals surface area contributed by atoms with E-state index in [2.05, 4.69) is 40.0 Å². The zero-order valence-electron chi connectivity index (χ0n) is 16.2. The number of fused-ring (bicyclic) bond motifs is 1. The molecule has 5 nitrogen and oxygen atoms in total. The predicted octanol–water partition coefficient (Wildman–Crippen LogP) is 3.99. The summed E-state index contributed by atoms with van der Waals surface area (Å²) in [5.74, 6) is 1.13. The molecule has 0 bridgehead atoms. The number of H-pyrrole nitrogens is 1. The molecule has 0 spiro atoms. The van der Waals surface area contributed by atoms with Crippen molar-refractivity contribution in [1.29, 1.82) is 0 Å². The van der Waals surface area contributed by atoms with E-state index in [0.717, 1.165) is 60.3 Å². The maximum atomic E-state index is 10.6. The van der Waals surface area contributed by atoms with E-state index in [1.807, 2.05) is 18.2 Å². The molecule has 0 amide bonds. The number of nitrogens with one attached hydrogen (secondary N) is 1. The van der Waals surface area contributed by atoms with Crippen molar-refractivity contribution in [3.63, 3.8) is 0 Å². The first-order valence-corrected chi connectivity index (χ1v) is 10.5. The number of benzene rings is 1. The van der Waals surface area contributed by atoms with Crippen LogP contribution in [-0.4, -0.2) is 44.2 Å². The Bertz CT molecular complexity index is 941. The third-order valence-corrected chi connectivity index (χ3v) is 5.85. The molecule has 4 rings (SSSR count). The standard InChI is InChI=1S/C22H27ClN4O/c1-2-3-8-21-25-19(22(23)26-21)13-27-12-16(20(28)14-27)11-17-10-9-15-6-4-5-7-18(15)24-17/h4-7,9-10,16,20,28H,2-3,8,11-14H2,1H3,(H,25,26)/t16-,20-/m1/s1. The van der Waals surface area contributed by atoms with E-state index in [-0.39, 0.29) is 12.0 Å². The van der Waals surface area contributed by atoms with Gasteiger partial charge < -0.3 is 10.1 Å². The quantitative estimate of drug-likeness (QED) is 0.631. The Labute approximate surface area is 170 Å². The molecule has 1 saturated heterocycles. The second kappa shape index (κ2) is 8.60. The fraction of sp³-hybridized carbons (Fsp3) is 0.455. The first-order valence-electron chi connectivity index (χ1n) is 10.1. The number of aryl methyl sites for hydroxylation is 1. The van der Waals surface area contributed by atoms with E-state index in [1.165, 1.54) is 0 Å². The number of aliphatic hydroxyl groups is 1. The molecule has 1 aliphatic rings. The molecule has 0 aliphatic carbocycles. The highest BCUT2D eigenvalue weighted by Gasteiger charge is 2.32. The van der Waals surface area contributed by atoms with Crippen LogP contribution in [0.5, 0.6) is 0 Å². The molecule has 0 unspecified atom stereocenters. The summed E-state index contributed by atoms with van der Waals surface area (Å²) in [6.07, 6.45) is 3.59. The minimum Gasteiger partial charge on any atom is -0.391 e. The fourth-order valence-electron chi connectivity index (χ4n) is 3.99. The molecule has 3 heterocycles. The summed E-state index contributed by atoms with van der Waals surface area (Å²) >= 11 is 6.32. The van der Waals surface area contributed by atoms with E-state index in [4.69, 9.17) is 16.6 Å². The molecular formula is C22H27ClN4O. The van der Waals surface area contributed by atoms with Crippen LogP contribution in [0.15, 0.2) is 36.4 Å². The average molecular weight is 399 g/mol. The number of aromatic nitrogens is 3. The van der Waals surface area contributed by atoms with Crippen LogP contribution in [0.3, 0.4) is 0 Å². The second-order valence-corrected chi connectivity index (χ2v) is 8.14. The number of rotatable bonds is 7. The summed E-state index contributed by atoms with van der Waals surface area (Å²) in [7, 11) is 0. The van der Waals surface area contributed by atoms with Gasteiger partial charge in [0.1, 0.15) is 5.82 Å². The summed E-state index contributed by atoms with van der Waals surface area (Å²) in [6.45, 7) is 4.34. The lowest BCUT2D eigenvalue weighted by Gasteiger charge is -2.15. The first-order chi connectivity index (χ1) is 13.6. The Morgan fingerprint density at radius 3 is 2.89 bits per heavy atom. The molecular weight excluding hydrogens is 372 g/mol. The van der Waals surface area contributed by atoms with Crippen LogP contribution in [0.25, 0.3) is 10.9 Å². The average Bonchev–Trinajstić information content (AvgIpc) is 3.22. The fourth-order valence-corrected chi connectivity index (χ4v) is 4.20. The monoisotopic (exact) mass is 398 g/mol. The highest BCUT2D eigenvalue weighted by Crippen LogP contribution is 2.25. The predicted molar refractivity (Wildman–Crippen MR) is 112 cm³/mol. The maximum Gasteiger partial charge on any atom is 0.151 e. The number of likely N-dealkylation sites (tertiary alicyclic amines) is 1. The van der Waals surface area contributed by atoms with Crippen LogP contribution in [0.2, 0.25) is 5.15 Å². The number of β-amino-alcohol motifs (C(OH)–C–C–N with tert-alkyl or cyclic N) is 1. The van der Waals surface area contributed by atoms with Crippen LogP contribution in [-0.2, 0) is 19.4 Å². The van der Waals surface area contributed by atoms with E-state index in [0.29, 0.717) is 18.2 Å². The smallest absolute Gasteiger partial charge is 0.151 e. The first kappa shape index (κ1) is 19.4. The number of para-hydroxylation sites is 1. The van der Waals surface area contributed by atoms with E-state index in [1.54, 1.807) is 0 Å². The number of pyridine rings is 1. The van der Waals surface area contributed by atoms with Crippen molar-refractivity contribution in [3.8, 4) is 0 Å². The minimum atomic E-state index is -0.352. The molecule has 6 heteroatoms. The van der Waals surface area contributed by atoms with Crippen LogP contribution < -0.4 is 0 Å². The topological polar surface area (TPSA) is 65.0 Å². The molecule has 0 radical (unpaired) electrons. The van der Waals surface area contributed by atoms with Gasteiger partial charge in [0, 0.05) is 43.1 Å². The van der Waals surface area contributed by atoms with Crippen LogP contribution in [0.4, 0.5) is 0 Å². The SMILES string of the molecule is CCCCc1nc(Cl)c(CN2C[C@@H](Cc3ccc4ccccc4n3)[C@H](O)C2)[nH]1. The Balaban J connectivity index is 1.39. The molecule has 148 valence electrons. The third kappa shape index (κ3) is 4.37. The highest BCUT2D eigenvalue weighted by molar-refractivity contribution is 6.30. The number of aliphatic hydroxyl groups excluding tert-OH is 1. The molecule has 0 saturated carbocycles. The zero-order valence-corrected chi connectivity index (χ0v) is 17.0. The van der Waals surface area contributed by atoms with Crippen LogP contribution in [0, 0.1) is 5.92 Å². The summed E-state index contributed by atoms with van der Waals surface area (Å²) in [4.78, 5) is 14.8. The van der Waals surface area contributed by atoms with Crippen molar-refractivity contribution >= 4 is 22.5 Å². The van der Waals surface area contributed by atoms with Crippen molar-refractivity contribution in [1.82, 2.24) is 19.9 Å². The Hall–Kier alpha value is -1.95. The molecule has 1 aliphatic heterocycles. The van der Waals surface area contributed by atoms with Gasteiger partial charge in [-0.25, -0.2) is 4.98 Å². The molecule has 3 aromatic rings. The summed E-state index contributed by atoms with van der Waals surface area (Å²) in [5, 5.41) is 12.3. The van der Waals surface area contributed by atoms with Gasteiger partial charge in [0.05, 0.1) is 17.3 Å². The normalized spacial score (nSPS) is 20.2. The van der Waals surface area contributed by atoms with Gasteiger partial charge >= 0.3 is 0 Å². The van der Waals surface area contributed by atoms with Gasteiger partial charge in [-0.15, -0.1) is 0 Å². The number of unbranched alkanes of at least 4 members (excludes halogenated alkanes) is 1. The molecule has 28 heavy (non-hydrogen) atoms. The molecule has 1 aromatic carbocycles. The van der Waals surface area contributed by atoms with Gasteiger partial charge in [0.25, 0.3) is 0 Å². The molecule has 2 aromatic heterocycles. The van der Waals surface area contributed by atoms with Crippen molar-refractivity contribution in [2.45, 2.75) is 45.3 Å². The lowest BCUT2D eigenvalue weighted by atomic mass is 9.99. The molecule has 2 atom stereocenters. The summed E-state index contributed by atoms with van der Waals surface area (Å²) < 4.78 is 0. The second-order valence-electron chi connectivity index (χ2n) is 7.78. The van der Waals surface area contributed by atoms with E-state index < -0.39 is 0 Å². The van der Waals surface area contributed by atoms with Gasteiger partial charge in [-0.1, -0.05) is 49.2 Å². The van der Waals surface area contributed by atoms with Gasteiger partial charge in [-0.05, 0) is 25.0 Å². The van der Waals surface area contributed by atoms with Crippen molar-refractivity contribution in [2.24, 2.45) is 5.92 Å². The Kier molecular flexibility index (Phi) is 5.95. The minimum absolute atomic E-state index is 0.176. The number of hydrogen-bond donors (Lipinski definition) is 2. The summed E-state index contributed by atoms with van der Waals surface area (Å²) in [6, 6.07) is 12.3. The van der Waals surface area contributed by atoms with Crippen molar-refractivity contribution in [2.75, 3.05) is 13.1 Å². The number of halogens is 1. The van der Waals surface area contributed by atoms with E-state index >= 15 is 0 Å². The van der Waals surface area contributed by atoms with Gasteiger partial charge in [-0.2, -0.15) is 0 Å².